The SMILES string of the molecule is CC(C)c1nccn1[C@@H](C)C(=O)NCCCc1nc2ccccc2s1. The third-order valence-corrected chi connectivity index (χ3v) is 5.31. The predicted molar refractivity (Wildman–Crippen MR) is 102 cm³/mol. The first-order valence-electron chi connectivity index (χ1n) is 8.71. The van der Waals surface area contributed by atoms with Gasteiger partial charge in [0.15, 0.2) is 0 Å². The molecule has 0 aliphatic carbocycles. The summed E-state index contributed by atoms with van der Waals surface area (Å²) in [6, 6.07) is 7.93. The second-order valence-electron chi connectivity index (χ2n) is 6.49. The van der Waals surface area contributed by atoms with E-state index in [1.165, 1.54) is 4.70 Å². The van der Waals surface area contributed by atoms with Crippen LogP contribution in [0.3, 0.4) is 0 Å². The number of benzene rings is 1. The number of nitrogens with zero attached hydrogens (tertiary/aromatic N) is 3. The van der Waals surface area contributed by atoms with Crippen molar-refractivity contribution in [2.45, 2.75) is 45.6 Å². The van der Waals surface area contributed by atoms with E-state index in [1.807, 2.05) is 35.9 Å². The van der Waals surface area contributed by atoms with Crippen molar-refractivity contribution in [3.63, 3.8) is 0 Å². The number of hydrogen-bond acceptors (Lipinski definition) is 4. The highest BCUT2D eigenvalue weighted by molar-refractivity contribution is 7.18. The second-order valence-corrected chi connectivity index (χ2v) is 7.61. The zero-order chi connectivity index (χ0) is 17.8. The van der Waals surface area contributed by atoms with Crippen LogP contribution in [-0.2, 0) is 11.2 Å². The lowest BCUT2D eigenvalue weighted by atomic mass is 10.2. The summed E-state index contributed by atoms with van der Waals surface area (Å²) in [5.41, 5.74) is 1.06. The van der Waals surface area contributed by atoms with Gasteiger partial charge in [0.25, 0.3) is 0 Å². The largest absolute Gasteiger partial charge is 0.354 e. The molecule has 0 aliphatic heterocycles. The van der Waals surface area contributed by atoms with Crippen LogP contribution in [0, 0.1) is 0 Å². The van der Waals surface area contributed by atoms with Gasteiger partial charge >= 0.3 is 0 Å². The number of rotatable bonds is 7. The molecular weight excluding hydrogens is 332 g/mol. The van der Waals surface area contributed by atoms with E-state index in [4.69, 9.17) is 0 Å². The Morgan fingerprint density at radius 2 is 2.08 bits per heavy atom. The standard InChI is InChI=1S/C19H24N4OS/c1-13(2)18-20-11-12-23(18)14(3)19(24)21-10-6-9-17-22-15-7-4-5-8-16(15)25-17/h4-5,7-8,11-14H,6,9-10H2,1-3H3,(H,21,24)/t14-/m0/s1. The minimum absolute atomic E-state index is 0.0317. The molecule has 1 aromatic carbocycles. The summed E-state index contributed by atoms with van der Waals surface area (Å²) in [5.74, 6) is 1.27. The summed E-state index contributed by atoms with van der Waals surface area (Å²) < 4.78 is 3.17. The molecule has 0 saturated heterocycles. The molecule has 1 amide bonds. The molecule has 0 saturated carbocycles. The molecule has 0 unspecified atom stereocenters. The molecule has 6 heteroatoms. The highest BCUT2D eigenvalue weighted by atomic mass is 32.1. The Morgan fingerprint density at radius 1 is 1.28 bits per heavy atom. The van der Waals surface area contributed by atoms with Crippen LogP contribution in [0.25, 0.3) is 10.2 Å². The minimum atomic E-state index is -0.248. The molecule has 5 nitrogen and oxygen atoms in total. The van der Waals surface area contributed by atoms with Gasteiger partial charge in [-0.3, -0.25) is 4.79 Å². The number of fused-ring (bicyclic) bond motifs is 1. The Bertz CT molecular complexity index is 819. The van der Waals surface area contributed by atoms with Gasteiger partial charge < -0.3 is 9.88 Å². The van der Waals surface area contributed by atoms with Gasteiger partial charge in [-0.05, 0) is 25.5 Å². The van der Waals surface area contributed by atoms with E-state index in [0.29, 0.717) is 12.5 Å². The lowest BCUT2D eigenvalue weighted by Gasteiger charge is -2.17. The normalized spacial score (nSPS) is 12.6. The Morgan fingerprint density at radius 3 is 2.84 bits per heavy atom. The van der Waals surface area contributed by atoms with Gasteiger partial charge in [-0.2, -0.15) is 0 Å². The van der Waals surface area contributed by atoms with Crippen LogP contribution in [-0.4, -0.2) is 27.0 Å². The van der Waals surface area contributed by atoms with E-state index < -0.39 is 0 Å². The maximum atomic E-state index is 12.4. The van der Waals surface area contributed by atoms with Gasteiger partial charge in [0.05, 0.1) is 15.2 Å². The number of carbonyl (C=O) groups excluding carboxylic acids is 1. The Hall–Kier alpha value is -2.21. The molecule has 132 valence electrons. The Kier molecular flexibility index (Phi) is 5.48. The highest BCUT2D eigenvalue weighted by Crippen LogP contribution is 2.22. The quantitative estimate of drug-likeness (QED) is 0.653. The molecular formula is C19H24N4OS. The van der Waals surface area contributed by atoms with Gasteiger partial charge in [0.1, 0.15) is 11.9 Å². The molecule has 2 aromatic heterocycles. The van der Waals surface area contributed by atoms with Gasteiger partial charge in [-0.1, -0.05) is 26.0 Å². The van der Waals surface area contributed by atoms with Crippen LogP contribution in [0.2, 0.25) is 0 Å². The lowest BCUT2D eigenvalue weighted by molar-refractivity contribution is -0.123. The molecule has 3 rings (SSSR count). The molecule has 0 spiro atoms. The summed E-state index contributed by atoms with van der Waals surface area (Å²) in [6.45, 7) is 6.74. The second kappa shape index (κ2) is 7.78. The van der Waals surface area contributed by atoms with E-state index in [9.17, 15) is 4.79 Å². The molecule has 0 aliphatic rings. The number of aromatic nitrogens is 3. The molecule has 1 N–H and O–H groups in total. The van der Waals surface area contributed by atoms with Crippen molar-refractivity contribution in [2.24, 2.45) is 0 Å². The van der Waals surface area contributed by atoms with Crippen molar-refractivity contribution in [3.8, 4) is 0 Å². The number of amides is 1. The topological polar surface area (TPSA) is 59.8 Å². The fourth-order valence-corrected chi connectivity index (χ4v) is 3.86. The predicted octanol–water partition coefficient (Wildman–Crippen LogP) is 3.93. The van der Waals surface area contributed by atoms with E-state index in [2.05, 4.69) is 35.2 Å². The maximum absolute atomic E-state index is 12.4. The fourth-order valence-electron chi connectivity index (χ4n) is 2.85. The third-order valence-electron chi connectivity index (χ3n) is 4.22. The summed E-state index contributed by atoms with van der Waals surface area (Å²) in [6.07, 6.45) is 5.41. The summed E-state index contributed by atoms with van der Waals surface area (Å²) in [7, 11) is 0. The zero-order valence-corrected chi connectivity index (χ0v) is 15.7. The number of aryl methyl sites for hydroxylation is 1. The number of para-hydroxylation sites is 1. The molecule has 3 aromatic rings. The monoisotopic (exact) mass is 356 g/mol. The van der Waals surface area contributed by atoms with Crippen molar-refractivity contribution >= 4 is 27.5 Å². The number of imidazole rings is 1. The Balaban J connectivity index is 1.49. The van der Waals surface area contributed by atoms with E-state index >= 15 is 0 Å². The number of nitrogens with one attached hydrogen (secondary N) is 1. The first-order valence-corrected chi connectivity index (χ1v) is 9.53. The third kappa shape index (κ3) is 4.07. The molecule has 0 radical (unpaired) electrons. The molecule has 0 bridgehead atoms. The zero-order valence-electron chi connectivity index (χ0n) is 14.9. The summed E-state index contributed by atoms with van der Waals surface area (Å²) in [4.78, 5) is 21.4. The average Bonchev–Trinajstić information content (AvgIpc) is 3.24. The van der Waals surface area contributed by atoms with Gasteiger partial charge in [-0.25, -0.2) is 9.97 Å². The summed E-state index contributed by atoms with van der Waals surface area (Å²) >= 11 is 1.73. The number of thiazole rings is 1. The summed E-state index contributed by atoms with van der Waals surface area (Å²) in [5, 5.41) is 4.16. The molecule has 1 atom stereocenters. The molecule has 0 fully saturated rings. The highest BCUT2D eigenvalue weighted by Gasteiger charge is 2.18. The van der Waals surface area contributed by atoms with Gasteiger partial charge in [0, 0.05) is 31.3 Å². The molecule has 2 heterocycles. The van der Waals surface area contributed by atoms with Gasteiger partial charge in [-0.15, -0.1) is 11.3 Å². The lowest BCUT2D eigenvalue weighted by Crippen LogP contribution is -2.32. The van der Waals surface area contributed by atoms with Gasteiger partial charge in [0.2, 0.25) is 5.91 Å². The van der Waals surface area contributed by atoms with E-state index in [-0.39, 0.29) is 11.9 Å². The van der Waals surface area contributed by atoms with Crippen molar-refractivity contribution in [1.82, 2.24) is 19.9 Å². The van der Waals surface area contributed by atoms with Crippen molar-refractivity contribution < 1.29 is 4.79 Å². The van der Waals surface area contributed by atoms with E-state index in [1.54, 1.807) is 17.5 Å². The molecule has 25 heavy (non-hydrogen) atoms. The number of carbonyl (C=O) groups is 1. The van der Waals surface area contributed by atoms with Crippen LogP contribution >= 0.6 is 11.3 Å². The maximum Gasteiger partial charge on any atom is 0.242 e. The first-order chi connectivity index (χ1) is 12.1. The van der Waals surface area contributed by atoms with Crippen molar-refractivity contribution in [1.29, 1.82) is 0 Å². The Labute approximate surface area is 152 Å². The smallest absolute Gasteiger partial charge is 0.242 e. The first kappa shape index (κ1) is 17.6. The van der Waals surface area contributed by atoms with Crippen LogP contribution in [0.4, 0.5) is 0 Å². The van der Waals surface area contributed by atoms with Crippen LogP contribution in [0.1, 0.15) is 50.0 Å². The fraction of sp³-hybridized carbons (Fsp3) is 0.421. The van der Waals surface area contributed by atoms with Crippen molar-refractivity contribution in [2.75, 3.05) is 6.54 Å². The van der Waals surface area contributed by atoms with Crippen LogP contribution in [0.15, 0.2) is 36.7 Å². The van der Waals surface area contributed by atoms with Crippen molar-refractivity contribution in [3.05, 3.63) is 47.5 Å². The van der Waals surface area contributed by atoms with Crippen LogP contribution in [0.5, 0.6) is 0 Å². The number of hydrogen-bond donors (Lipinski definition) is 1. The van der Waals surface area contributed by atoms with E-state index in [0.717, 1.165) is 29.2 Å². The van der Waals surface area contributed by atoms with Crippen LogP contribution < -0.4 is 5.32 Å². The minimum Gasteiger partial charge on any atom is -0.354 e. The average molecular weight is 356 g/mol.